The Morgan fingerprint density at radius 1 is 1.19 bits per heavy atom. The molecule has 1 fully saturated rings. The second kappa shape index (κ2) is 7.47. The summed E-state index contributed by atoms with van der Waals surface area (Å²) >= 11 is 0. The van der Waals surface area contributed by atoms with Crippen LogP contribution < -0.4 is 4.90 Å². The highest BCUT2D eigenvalue weighted by atomic mass is 16.6. The molecule has 0 saturated carbocycles. The molecule has 0 spiro atoms. The molecule has 0 radical (unpaired) electrons. The van der Waals surface area contributed by atoms with Crippen LogP contribution >= 0.6 is 0 Å². The normalized spacial score (nSPS) is 13.8. The van der Waals surface area contributed by atoms with Gasteiger partial charge in [-0.05, 0) is 30.2 Å². The molecule has 1 N–H and O–H groups in total. The summed E-state index contributed by atoms with van der Waals surface area (Å²) in [5.41, 5.74) is 2.85. The zero-order valence-electron chi connectivity index (χ0n) is 14.9. The molecular formula is C20H22N2O4. The third kappa shape index (κ3) is 3.79. The Bertz CT molecular complexity index is 801. The Balaban J connectivity index is 1.53. The molecule has 0 bridgehead atoms. The molecule has 0 atom stereocenters. The van der Waals surface area contributed by atoms with Gasteiger partial charge in [0.15, 0.2) is 0 Å². The quantitative estimate of drug-likeness (QED) is 0.893. The lowest BCUT2D eigenvalue weighted by atomic mass is 10.0. The van der Waals surface area contributed by atoms with Crippen molar-refractivity contribution in [2.24, 2.45) is 0 Å². The van der Waals surface area contributed by atoms with Crippen LogP contribution in [0.5, 0.6) is 0 Å². The number of carbonyl (C=O) groups excluding carboxylic acids is 1. The number of carboxylic acid groups (broad SMARTS) is 1. The third-order valence-electron chi connectivity index (χ3n) is 4.72. The lowest BCUT2D eigenvalue weighted by Crippen LogP contribution is -2.60. The van der Waals surface area contributed by atoms with E-state index in [1.165, 1.54) is 0 Å². The first-order valence-corrected chi connectivity index (χ1v) is 8.48. The van der Waals surface area contributed by atoms with Crippen LogP contribution in [0, 0.1) is 6.92 Å². The van der Waals surface area contributed by atoms with E-state index in [1.54, 1.807) is 24.9 Å². The van der Waals surface area contributed by atoms with Gasteiger partial charge in [-0.1, -0.05) is 36.4 Å². The summed E-state index contributed by atoms with van der Waals surface area (Å²) in [6.45, 7) is 3.33. The zero-order valence-corrected chi connectivity index (χ0v) is 14.9. The average molecular weight is 354 g/mol. The lowest BCUT2D eigenvalue weighted by molar-refractivity contribution is 0.0696. The molecule has 26 heavy (non-hydrogen) atoms. The molecule has 0 aliphatic carbocycles. The number of anilines is 1. The Kier molecular flexibility index (Phi) is 5.11. The molecule has 1 heterocycles. The van der Waals surface area contributed by atoms with Crippen molar-refractivity contribution in [1.29, 1.82) is 0 Å². The minimum absolute atomic E-state index is 0.0489. The largest absolute Gasteiger partial charge is 0.478 e. The highest BCUT2D eigenvalue weighted by Gasteiger charge is 2.33. The van der Waals surface area contributed by atoms with Crippen LogP contribution in [0.2, 0.25) is 0 Å². The monoisotopic (exact) mass is 354 g/mol. The highest BCUT2D eigenvalue weighted by molar-refractivity contribution is 5.90. The predicted octanol–water partition coefficient (Wildman–Crippen LogP) is 3.15. The van der Waals surface area contributed by atoms with Gasteiger partial charge in [-0.3, -0.25) is 0 Å². The fourth-order valence-electron chi connectivity index (χ4n) is 2.92. The number of aromatic carboxylic acids is 1. The van der Waals surface area contributed by atoms with Crippen LogP contribution in [0.3, 0.4) is 0 Å². The topological polar surface area (TPSA) is 70.1 Å². The Hall–Kier alpha value is -3.02. The van der Waals surface area contributed by atoms with Gasteiger partial charge in [0, 0.05) is 25.8 Å². The van der Waals surface area contributed by atoms with Crippen LogP contribution in [-0.4, -0.2) is 48.2 Å². The number of ether oxygens (including phenoxy) is 1. The number of benzene rings is 2. The highest BCUT2D eigenvalue weighted by Crippen LogP contribution is 2.26. The van der Waals surface area contributed by atoms with E-state index in [1.807, 2.05) is 42.5 Å². The molecule has 136 valence electrons. The van der Waals surface area contributed by atoms with E-state index >= 15 is 0 Å². The fourth-order valence-corrected chi connectivity index (χ4v) is 2.92. The summed E-state index contributed by atoms with van der Waals surface area (Å²) < 4.78 is 5.34. The number of hydrogen-bond acceptors (Lipinski definition) is 4. The Morgan fingerprint density at radius 3 is 2.54 bits per heavy atom. The molecular weight excluding hydrogens is 332 g/mol. The van der Waals surface area contributed by atoms with Gasteiger partial charge in [0.2, 0.25) is 0 Å². The van der Waals surface area contributed by atoms with Crippen LogP contribution in [0.15, 0.2) is 48.5 Å². The molecule has 6 nitrogen and oxygen atoms in total. The van der Waals surface area contributed by atoms with Gasteiger partial charge in [0.1, 0.15) is 6.61 Å². The van der Waals surface area contributed by atoms with E-state index in [9.17, 15) is 14.7 Å². The maximum absolute atomic E-state index is 12.2. The summed E-state index contributed by atoms with van der Waals surface area (Å²) in [6.07, 6.45) is -0.353. The van der Waals surface area contributed by atoms with Crippen molar-refractivity contribution in [1.82, 2.24) is 4.90 Å². The summed E-state index contributed by atoms with van der Waals surface area (Å²) in [4.78, 5) is 27.1. The van der Waals surface area contributed by atoms with Gasteiger partial charge < -0.3 is 19.6 Å². The van der Waals surface area contributed by atoms with Crippen molar-refractivity contribution >= 4 is 17.7 Å². The van der Waals surface area contributed by atoms with Gasteiger partial charge in [-0.25, -0.2) is 9.59 Å². The number of nitrogens with zero attached hydrogens (tertiary/aromatic N) is 2. The van der Waals surface area contributed by atoms with Crippen molar-refractivity contribution in [3.63, 3.8) is 0 Å². The molecule has 2 aromatic carbocycles. The number of aryl methyl sites for hydroxylation is 1. The minimum Gasteiger partial charge on any atom is -0.478 e. The summed E-state index contributed by atoms with van der Waals surface area (Å²) in [7, 11) is 1.73. The molecule has 1 aliphatic heterocycles. The van der Waals surface area contributed by atoms with Crippen molar-refractivity contribution in [2.45, 2.75) is 19.6 Å². The van der Waals surface area contributed by atoms with Crippen LogP contribution in [0.1, 0.15) is 21.5 Å². The predicted molar refractivity (Wildman–Crippen MR) is 98.5 cm³/mol. The second-order valence-corrected chi connectivity index (χ2v) is 6.51. The van der Waals surface area contributed by atoms with Crippen molar-refractivity contribution < 1.29 is 19.4 Å². The first kappa shape index (κ1) is 17.8. The van der Waals surface area contributed by atoms with Gasteiger partial charge in [0.05, 0.1) is 11.6 Å². The SMILES string of the molecule is Cc1ccc(N2CC(N(C)C(=O)OCc3ccccc3)C2)cc1C(=O)O. The maximum Gasteiger partial charge on any atom is 0.410 e. The Labute approximate surface area is 152 Å². The van der Waals surface area contributed by atoms with Crippen molar-refractivity contribution in [3.8, 4) is 0 Å². The van der Waals surface area contributed by atoms with Gasteiger partial charge in [-0.15, -0.1) is 0 Å². The van der Waals surface area contributed by atoms with E-state index in [4.69, 9.17) is 4.74 Å². The van der Waals surface area contributed by atoms with Crippen LogP contribution in [0.4, 0.5) is 10.5 Å². The zero-order chi connectivity index (χ0) is 18.7. The minimum atomic E-state index is -0.928. The van der Waals surface area contributed by atoms with Crippen molar-refractivity contribution in [3.05, 3.63) is 65.2 Å². The number of amides is 1. The maximum atomic E-state index is 12.2. The average Bonchev–Trinajstić information content (AvgIpc) is 2.60. The van der Waals surface area contributed by atoms with E-state index in [-0.39, 0.29) is 18.7 Å². The second-order valence-electron chi connectivity index (χ2n) is 6.51. The molecule has 1 aliphatic rings. The number of rotatable bonds is 5. The summed E-state index contributed by atoms with van der Waals surface area (Å²) in [6, 6.07) is 15.0. The number of carboxylic acids is 1. The van der Waals surface area contributed by atoms with E-state index in [0.29, 0.717) is 18.7 Å². The molecule has 2 aromatic rings. The number of likely N-dealkylation sites (N-methyl/N-ethyl adjacent to an activating group) is 1. The Morgan fingerprint density at radius 2 is 1.88 bits per heavy atom. The number of hydrogen-bond donors (Lipinski definition) is 1. The molecule has 1 amide bonds. The molecule has 3 rings (SSSR count). The summed E-state index contributed by atoms with van der Waals surface area (Å²) in [5.74, 6) is -0.928. The van der Waals surface area contributed by atoms with E-state index in [2.05, 4.69) is 4.90 Å². The van der Waals surface area contributed by atoms with E-state index in [0.717, 1.165) is 16.8 Å². The smallest absolute Gasteiger partial charge is 0.410 e. The van der Waals surface area contributed by atoms with Crippen LogP contribution in [0.25, 0.3) is 0 Å². The van der Waals surface area contributed by atoms with Gasteiger partial charge >= 0.3 is 12.1 Å². The molecule has 0 aromatic heterocycles. The van der Waals surface area contributed by atoms with Crippen LogP contribution in [-0.2, 0) is 11.3 Å². The lowest BCUT2D eigenvalue weighted by Gasteiger charge is -2.44. The summed E-state index contributed by atoms with van der Waals surface area (Å²) in [5, 5.41) is 9.24. The molecule has 6 heteroatoms. The first-order chi connectivity index (χ1) is 12.5. The number of carbonyl (C=O) groups is 2. The van der Waals surface area contributed by atoms with Crippen molar-refractivity contribution in [2.75, 3.05) is 25.0 Å². The molecule has 0 unspecified atom stereocenters. The fraction of sp³-hybridized carbons (Fsp3) is 0.300. The van der Waals surface area contributed by atoms with Gasteiger partial charge in [0.25, 0.3) is 0 Å². The first-order valence-electron chi connectivity index (χ1n) is 8.48. The molecule has 1 saturated heterocycles. The third-order valence-corrected chi connectivity index (χ3v) is 4.72. The standard InChI is InChI=1S/C20H22N2O4/c1-14-8-9-16(10-18(14)19(23)24)22-11-17(12-22)21(2)20(25)26-13-15-6-4-3-5-7-15/h3-10,17H,11-13H2,1-2H3,(H,23,24). The van der Waals surface area contributed by atoms with Gasteiger partial charge in [-0.2, -0.15) is 0 Å². The van der Waals surface area contributed by atoms with E-state index < -0.39 is 5.97 Å².